The maximum absolute atomic E-state index is 5.84. The van der Waals surface area contributed by atoms with Crippen molar-refractivity contribution in [3.63, 3.8) is 0 Å². The van der Waals surface area contributed by atoms with Gasteiger partial charge in [0.05, 0.1) is 0 Å². The highest BCUT2D eigenvalue weighted by atomic mass is 16.3. The molecule has 0 radical (unpaired) electrons. The van der Waals surface area contributed by atoms with Crippen molar-refractivity contribution < 1.29 is 4.42 Å². The van der Waals surface area contributed by atoms with E-state index in [1.807, 2.05) is 6.07 Å². The van der Waals surface area contributed by atoms with E-state index >= 15 is 0 Å². The van der Waals surface area contributed by atoms with Crippen LogP contribution >= 0.6 is 0 Å². The quantitative estimate of drug-likeness (QED) is 0.878. The van der Waals surface area contributed by atoms with Crippen molar-refractivity contribution in [2.75, 3.05) is 0 Å². The van der Waals surface area contributed by atoms with Gasteiger partial charge in [-0.05, 0) is 44.1 Å². The van der Waals surface area contributed by atoms with E-state index in [4.69, 9.17) is 4.42 Å². The molecule has 1 aliphatic carbocycles. The Bertz CT molecular complexity index is 586. The van der Waals surface area contributed by atoms with Gasteiger partial charge in [0.1, 0.15) is 11.3 Å². The first-order valence-electron chi connectivity index (χ1n) is 7.85. The van der Waals surface area contributed by atoms with Crippen molar-refractivity contribution in [3.8, 4) is 0 Å². The van der Waals surface area contributed by atoms with E-state index in [1.54, 1.807) is 0 Å². The van der Waals surface area contributed by atoms with Crippen molar-refractivity contribution in [1.29, 1.82) is 0 Å². The summed E-state index contributed by atoms with van der Waals surface area (Å²) >= 11 is 0. The van der Waals surface area contributed by atoms with E-state index in [-0.39, 0.29) is 0 Å². The van der Waals surface area contributed by atoms with E-state index in [2.05, 4.69) is 44.3 Å². The van der Waals surface area contributed by atoms with E-state index in [0.717, 1.165) is 29.7 Å². The molecule has 0 amide bonds. The lowest BCUT2D eigenvalue weighted by Gasteiger charge is -2.33. The van der Waals surface area contributed by atoms with Crippen LogP contribution in [0.1, 0.15) is 44.4 Å². The summed E-state index contributed by atoms with van der Waals surface area (Å²) in [6.07, 6.45) is 4.01. The molecule has 0 bridgehead atoms. The van der Waals surface area contributed by atoms with Crippen molar-refractivity contribution in [2.24, 2.45) is 11.8 Å². The van der Waals surface area contributed by atoms with Gasteiger partial charge < -0.3 is 9.73 Å². The Kier molecular flexibility index (Phi) is 3.84. The van der Waals surface area contributed by atoms with Crippen LogP contribution in [0.2, 0.25) is 0 Å². The van der Waals surface area contributed by atoms with Gasteiger partial charge in [0.15, 0.2) is 0 Å². The van der Waals surface area contributed by atoms with Crippen LogP contribution < -0.4 is 5.32 Å². The molecule has 0 spiro atoms. The fourth-order valence-electron chi connectivity index (χ4n) is 3.64. The Morgan fingerprint density at radius 2 is 2.00 bits per heavy atom. The fraction of sp³-hybridized carbons (Fsp3) is 0.556. The summed E-state index contributed by atoms with van der Waals surface area (Å²) in [5, 5.41) is 5.03. The molecule has 108 valence electrons. The highest BCUT2D eigenvalue weighted by Gasteiger charge is 2.25. The number of para-hydroxylation sites is 1. The van der Waals surface area contributed by atoms with Gasteiger partial charge in [-0.1, -0.05) is 32.0 Å². The van der Waals surface area contributed by atoms with Gasteiger partial charge in [-0.25, -0.2) is 0 Å². The molecule has 1 aliphatic rings. The third-order valence-electron chi connectivity index (χ3n) is 4.87. The maximum atomic E-state index is 5.84. The molecule has 1 aromatic heterocycles. The molecule has 1 aromatic carbocycles. The smallest absolute Gasteiger partial charge is 0.134 e. The molecule has 3 atom stereocenters. The van der Waals surface area contributed by atoms with Crippen LogP contribution in [-0.4, -0.2) is 6.04 Å². The first-order valence-corrected chi connectivity index (χ1v) is 7.85. The first kappa shape index (κ1) is 13.7. The Hall–Kier alpha value is -1.28. The van der Waals surface area contributed by atoms with Gasteiger partial charge in [0, 0.05) is 23.5 Å². The average Bonchev–Trinajstić information content (AvgIpc) is 2.74. The molecule has 3 rings (SSSR count). The second kappa shape index (κ2) is 5.61. The molecule has 0 aliphatic heterocycles. The number of hydrogen-bond donors (Lipinski definition) is 1. The van der Waals surface area contributed by atoms with Crippen LogP contribution in [0.25, 0.3) is 11.0 Å². The lowest BCUT2D eigenvalue weighted by molar-refractivity contribution is 0.227. The van der Waals surface area contributed by atoms with Crippen LogP contribution in [0.3, 0.4) is 0 Å². The SMILES string of the molecule is Cc1oc2ccccc2c1CNC1CCC(C)CC1C. The monoisotopic (exact) mass is 271 g/mol. The minimum absolute atomic E-state index is 0.652. The molecule has 20 heavy (non-hydrogen) atoms. The second-order valence-corrected chi connectivity index (χ2v) is 6.52. The van der Waals surface area contributed by atoms with E-state index in [0.29, 0.717) is 6.04 Å². The zero-order valence-corrected chi connectivity index (χ0v) is 12.8. The minimum Gasteiger partial charge on any atom is -0.461 e. The minimum atomic E-state index is 0.652. The zero-order chi connectivity index (χ0) is 14.1. The van der Waals surface area contributed by atoms with Crippen LogP contribution in [0.5, 0.6) is 0 Å². The first-order chi connectivity index (χ1) is 9.65. The summed E-state index contributed by atoms with van der Waals surface area (Å²) in [6, 6.07) is 8.99. The standard InChI is InChI=1S/C18H25NO/c1-12-8-9-17(13(2)10-12)19-11-16-14(3)20-18-7-5-4-6-15(16)18/h4-7,12-13,17,19H,8-11H2,1-3H3. The summed E-state index contributed by atoms with van der Waals surface area (Å²) in [6.45, 7) is 7.75. The van der Waals surface area contributed by atoms with E-state index < -0.39 is 0 Å². The average molecular weight is 271 g/mol. The summed E-state index contributed by atoms with van der Waals surface area (Å²) in [7, 11) is 0. The Morgan fingerprint density at radius 3 is 2.80 bits per heavy atom. The Labute approximate surface area is 121 Å². The normalized spacial score (nSPS) is 27.1. The van der Waals surface area contributed by atoms with Gasteiger partial charge in [-0.3, -0.25) is 0 Å². The van der Waals surface area contributed by atoms with Gasteiger partial charge >= 0.3 is 0 Å². The molecule has 1 N–H and O–H groups in total. The summed E-state index contributed by atoms with van der Waals surface area (Å²) < 4.78 is 5.84. The number of rotatable bonds is 3. The Morgan fingerprint density at radius 1 is 1.20 bits per heavy atom. The molecule has 1 heterocycles. The zero-order valence-electron chi connectivity index (χ0n) is 12.8. The predicted octanol–water partition coefficient (Wildman–Crippen LogP) is 4.66. The third-order valence-corrected chi connectivity index (χ3v) is 4.87. The second-order valence-electron chi connectivity index (χ2n) is 6.52. The van der Waals surface area contributed by atoms with Crippen molar-refractivity contribution in [1.82, 2.24) is 5.32 Å². The molecule has 0 saturated heterocycles. The number of furan rings is 1. The highest BCUT2D eigenvalue weighted by molar-refractivity contribution is 5.82. The molecule has 2 nitrogen and oxygen atoms in total. The van der Waals surface area contributed by atoms with E-state index in [1.165, 1.54) is 30.2 Å². The Balaban J connectivity index is 1.72. The number of benzene rings is 1. The number of fused-ring (bicyclic) bond motifs is 1. The lowest BCUT2D eigenvalue weighted by atomic mass is 9.80. The topological polar surface area (TPSA) is 25.2 Å². The van der Waals surface area contributed by atoms with Gasteiger partial charge in [-0.2, -0.15) is 0 Å². The number of hydrogen-bond acceptors (Lipinski definition) is 2. The largest absolute Gasteiger partial charge is 0.461 e. The van der Waals surface area contributed by atoms with Crippen molar-refractivity contribution in [3.05, 3.63) is 35.6 Å². The predicted molar refractivity (Wildman–Crippen MR) is 83.8 cm³/mol. The van der Waals surface area contributed by atoms with E-state index in [9.17, 15) is 0 Å². The molecule has 1 saturated carbocycles. The van der Waals surface area contributed by atoms with Crippen LogP contribution in [-0.2, 0) is 6.54 Å². The van der Waals surface area contributed by atoms with Crippen LogP contribution in [0.15, 0.2) is 28.7 Å². The summed E-state index contributed by atoms with van der Waals surface area (Å²) in [5.74, 6) is 2.72. The molecule has 1 fully saturated rings. The van der Waals surface area contributed by atoms with Gasteiger partial charge in [0.25, 0.3) is 0 Å². The molecule has 2 heteroatoms. The van der Waals surface area contributed by atoms with Crippen molar-refractivity contribution >= 4 is 11.0 Å². The van der Waals surface area contributed by atoms with Gasteiger partial charge in [0.2, 0.25) is 0 Å². The molecule has 2 aromatic rings. The molecule has 3 unspecified atom stereocenters. The molecular formula is C18H25NO. The maximum Gasteiger partial charge on any atom is 0.134 e. The lowest BCUT2D eigenvalue weighted by Crippen LogP contribution is -2.38. The van der Waals surface area contributed by atoms with Crippen LogP contribution in [0.4, 0.5) is 0 Å². The summed E-state index contributed by atoms with van der Waals surface area (Å²) in [4.78, 5) is 0. The molecular weight excluding hydrogens is 246 g/mol. The van der Waals surface area contributed by atoms with Gasteiger partial charge in [-0.15, -0.1) is 0 Å². The third kappa shape index (κ3) is 2.62. The summed E-state index contributed by atoms with van der Waals surface area (Å²) in [5.41, 5.74) is 2.33. The number of nitrogens with one attached hydrogen (secondary N) is 1. The fourth-order valence-corrected chi connectivity index (χ4v) is 3.64. The number of aryl methyl sites for hydroxylation is 1. The highest BCUT2D eigenvalue weighted by Crippen LogP contribution is 2.30. The van der Waals surface area contributed by atoms with Crippen molar-refractivity contribution in [2.45, 2.75) is 52.6 Å². The van der Waals surface area contributed by atoms with Crippen LogP contribution in [0, 0.1) is 18.8 Å².